The van der Waals surface area contributed by atoms with Gasteiger partial charge in [0.1, 0.15) is 0 Å². The van der Waals surface area contributed by atoms with Crippen LogP contribution in [0.15, 0.2) is 36.4 Å². The molecule has 0 radical (unpaired) electrons. The number of imide groups is 1. The number of fused-ring (bicyclic) bond motifs is 1. The van der Waals surface area contributed by atoms with Gasteiger partial charge < -0.3 is 0 Å². The predicted molar refractivity (Wildman–Crippen MR) is 95.6 cm³/mol. The summed E-state index contributed by atoms with van der Waals surface area (Å²) in [6, 6.07) is 5.68. The highest BCUT2D eigenvalue weighted by molar-refractivity contribution is 6.21. The molecule has 1 aliphatic rings. The Bertz CT molecular complexity index is 996. The maximum atomic E-state index is 13.7. The van der Waals surface area contributed by atoms with Crippen molar-refractivity contribution >= 4 is 11.8 Å². The zero-order valence-electron chi connectivity index (χ0n) is 17.5. The van der Waals surface area contributed by atoms with E-state index < -0.39 is 60.4 Å². The van der Waals surface area contributed by atoms with Crippen LogP contribution in [0.5, 0.6) is 0 Å². The summed E-state index contributed by atoms with van der Waals surface area (Å²) in [5.74, 6) is -38.3. The lowest BCUT2D eigenvalue weighted by atomic mass is 9.92. The molecule has 0 N–H and O–H groups in total. The van der Waals surface area contributed by atoms with Crippen molar-refractivity contribution in [2.45, 2.75) is 55.1 Å². The first-order valence-electron chi connectivity index (χ1n) is 9.71. The highest BCUT2D eigenvalue weighted by atomic mass is 19.4. The Labute approximate surface area is 193 Å². The second-order valence-electron chi connectivity index (χ2n) is 7.61. The average Bonchev–Trinajstić information content (AvgIpc) is 2.99. The van der Waals surface area contributed by atoms with Gasteiger partial charge in [0, 0.05) is 13.0 Å². The van der Waals surface area contributed by atoms with Crippen molar-refractivity contribution in [3.63, 3.8) is 0 Å². The van der Waals surface area contributed by atoms with Crippen LogP contribution < -0.4 is 0 Å². The van der Waals surface area contributed by atoms with Crippen molar-refractivity contribution in [3.8, 4) is 0 Å². The van der Waals surface area contributed by atoms with E-state index in [-0.39, 0.29) is 24.1 Å². The molecule has 0 spiro atoms. The minimum absolute atomic E-state index is 0.0854. The van der Waals surface area contributed by atoms with E-state index >= 15 is 0 Å². The van der Waals surface area contributed by atoms with E-state index in [2.05, 4.69) is 0 Å². The smallest absolute Gasteiger partial charge is 0.274 e. The Morgan fingerprint density at radius 1 is 0.611 bits per heavy atom. The van der Waals surface area contributed by atoms with E-state index in [9.17, 15) is 66.7 Å². The molecule has 1 aromatic carbocycles. The number of benzene rings is 1. The molecule has 0 atom stereocenters. The Morgan fingerprint density at radius 3 is 1.47 bits per heavy atom. The van der Waals surface area contributed by atoms with Crippen molar-refractivity contribution in [3.05, 3.63) is 47.5 Å². The summed E-state index contributed by atoms with van der Waals surface area (Å²) < 4.78 is 170. The standard InChI is InChI=1S/C20H14F13NO2/c21-15(22,16(23,24)17(25,26)18(27,28)19(29,30)20(31,32)33)9-5-1-2-6-10-34-13(35)11-7-3-4-8-12(11)14(34)36/h1-4,7-8H,5-6,9-10H2/b2-1+. The van der Waals surface area contributed by atoms with Crippen LogP contribution in [0.3, 0.4) is 0 Å². The Balaban J connectivity index is 2.03. The quantitative estimate of drug-likeness (QED) is 0.185. The zero-order valence-corrected chi connectivity index (χ0v) is 17.5. The van der Waals surface area contributed by atoms with Gasteiger partial charge in [-0.3, -0.25) is 14.5 Å². The molecule has 2 amide bonds. The van der Waals surface area contributed by atoms with Gasteiger partial charge >= 0.3 is 35.8 Å². The summed E-state index contributed by atoms with van der Waals surface area (Å²) in [6.07, 6.45) is -9.66. The van der Waals surface area contributed by atoms with Crippen LogP contribution in [0.2, 0.25) is 0 Å². The molecule has 0 bridgehead atoms. The monoisotopic (exact) mass is 547 g/mol. The first kappa shape index (κ1) is 29.4. The van der Waals surface area contributed by atoms with Crippen LogP contribution in [-0.4, -0.2) is 59.0 Å². The molecule has 1 aromatic rings. The van der Waals surface area contributed by atoms with Gasteiger partial charge in [0.25, 0.3) is 11.8 Å². The Morgan fingerprint density at radius 2 is 1.03 bits per heavy atom. The summed E-state index contributed by atoms with van der Waals surface area (Å²) in [5.41, 5.74) is 0.171. The maximum Gasteiger partial charge on any atom is 0.460 e. The van der Waals surface area contributed by atoms with E-state index in [1.807, 2.05) is 0 Å². The third kappa shape index (κ3) is 4.53. The summed E-state index contributed by atoms with van der Waals surface area (Å²) in [5, 5.41) is 0. The largest absolute Gasteiger partial charge is 0.460 e. The lowest BCUT2D eigenvalue weighted by Crippen LogP contribution is -2.70. The zero-order chi connectivity index (χ0) is 28.0. The van der Waals surface area contributed by atoms with Crippen LogP contribution in [-0.2, 0) is 0 Å². The fourth-order valence-electron chi connectivity index (χ4n) is 3.11. The number of nitrogens with zero attached hydrogens (tertiary/aromatic N) is 1. The number of allylic oxidation sites excluding steroid dienone is 1. The molecule has 16 heteroatoms. The molecule has 0 saturated carbocycles. The fraction of sp³-hybridized carbons (Fsp3) is 0.500. The second-order valence-corrected chi connectivity index (χ2v) is 7.61. The normalized spacial score (nSPS) is 16.3. The third-order valence-electron chi connectivity index (χ3n) is 5.19. The van der Waals surface area contributed by atoms with Crippen LogP contribution >= 0.6 is 0 Å². The van der Waals surface area contributed by atoms with E-state index in [1.165, 1.54) is 24.3 Å². The molecular formula is C20H14F13NO2. The van der Waals surface area contributed by atoms with Crippen molar-refractivity contribution in [1.29, 1.82) is 0 Å². The molecule has 0 aromatic heterocycles. The summed E-state index contributed by atoms with van der Waals surface area (Å²) in [4.78, 5) is 25.0. The van der Waals surface area contributed by atoms with Crippen LogP contribution in [0, 0.1) is 0 Å². The number of rotatable bonds is 10. The van der Waals surface area contributed by atoms with Crippen molar-refractivity contribution in [2.75, 3.05) is 6.54 Å². The average molecular weight is 547 g/mol. The SMILES string of the molecule is O=C1c2ccccc2C(=O)N1CC/C=C/CCC(F)(F)C(F)(F)C(F)(F)C(F)(F)C(F)(F)C(F)(F)F. The topological polar surface area (TPSA) is 37.4 Å². The number of hydrogen-bond acceptors (Lipinski definition) is 2. The third-order valence-corrected chi connectivity index (χ3v) is 5.19. The first-order chi connectivity index (χ1) is 16.1. The number of carbonyl (C=O) groups is 2. The van der Waals surface area contributed by atoms with Crippen LogP contribution in [0.25, 0.3) is 0 Å². The lowest BCUT2D eigenvalue weighted by Gasteiger charge is -2.39. The lowest BCUT2D eigenvalue weighted by molar-refractivity contribution is -0.440. The van der Waals surface area contributed by atoms with Gasteiger partial charge in [-0.15, -0.1) is 0 Å². The summed E-state index contributed by atoms with van der Waals surface area (Å²) in [7, 11) is 0. The van der Waals surface area contributed by atoms with Gasteiger partial charge in [0.05, 0.1) is 11.1 Å². The van der Waals surface area contributed by atoms with E-state index in [4.69, 9.17) is 0 Å². The molecule has 0 unspecified atom stereocenters. The van der Waals surface area contributed by atoms with E-state index in [1.54, 1.807) is 0 Å². The minimum Gasteiger partial charge on any atom is -0.274 e. The minimum atomic E-state index is -7.92. The number of hydrogen-bond donors (Lipinski definition) is 0. The molecule has 3 nitrogen and oxygen atoms in total. The second kappa shape index (κ2) is 9.25. The summed E-state index contributed by atoms with van der Waals surface area (Å²) in [6.45, 7) is -0.313. The van der Waals surface area contributed by atoms with Crippen molar-refractivity contribution in [1.82, 2.24) is 4.90 Å². The number of halogens is 13. The van der Waals surface area contributed by atoms with Gasteiger partial charge in [-0.1, -0.05) is 24.3 Å². The molecular weight excluding hydrogens is 533 g/mol. The molecule has 1 heterocycles. The summed E-state index contributed by atoms with van der Waals surface area (Å²) >= 11 is 0. The van der Waals surface area contributed by atoms with Gasteiger partial charge in [0.2, 0.25) is 0 Å². The molecule has 0 fully saturated rings. The molecule has 2 rings (SSSR count). The van der Waals surface area contributed by atoms with Crippen molar-refractivity contribution < 1.29 is 66.7 Å². The number of alkyl halides is 13. The highest BCUT2D eigenvalue weighted by Crippen LogP contribution is 2.60. The number of amides is 2. The first-order valence-corrected chi connectivity index (χ1v) is 9.71. The maximum absolute atomic E-state index is 13.7. The van der Waals surface area contributed by atoms with Crippen LogP contribution in [0.1, 0.15) is 40.0 Å². The van der Waals surface area contributed by atoms with E-state index in [0.717, 1.165) is 11.0 Å². The van der Waals surface area contributed by atoms with Crippen LogP contribution in [0.4, 0.5) is 57.1 Å². The van der Waals surface area contributed by atoms with Gasteiger partial charge in [0.15, 0.2) is 0 Å². The number of carbonyl (C=O) groups excluding carboxylic acids is 2. The Kier molecular flexibility index (Phi) is 7.56. The predicted octanol–water partition coefficient (Wildman–Crippen LogP) is 6.75. The van der Waals surface area contributed by atoms with Crippen molar-refractivity contribution in [2.24, 2.45) is 0 Å². The van der Waals surface area contributed by atoms with Gasteiger partial charge in [-0.2, -0.15) is 57.1 Å². The molecule has 0 aliphatic carbocycles. The fourth-order valence-corrected chi connectivity index (χ4v) is 3.11. The highest BCUT2D eigenvalue weighted by Gasteiger charge is 2.90. The molecule has 0 saturated heterocycles. The molecule has 1 aliphatic heterocycles. The molecule has 202 valence electrons. The van der Waals surface area contributed by atoms with Gasteiger partial charge in [-0.05, 0) is 25.0 Å². The Hall–Kier alpha value is -2.81. The van der Waals surface area contributed by atoms with Gasteiger partial charge in [-0.25, -0.2) is 0 Å². The van der Waals surface area contributed by atoms with E-state index in [0.29, 0.717) is 6.08 Å². The molecule has 36 heavy (non-hydrogen) atoms.